The van der Waals surface area contributed by atoms with Crippen molar-refractivity contribution in [3.63, 3.8) is 0 Å². The van der Waals surface area contributed by atoms with Crippen LogP contribution in [0.5, 0.6) is 0 Å². The van der Waals surface area contributed by atoms with E-state index in [1.54, 1.807) is 0 Å². The van der Waals surface area contributed by atoms with E-state index in [-0.39, 0.29) is 5.60 Å². The van der Waals surface area contributed by atoms with E-state index in [4.69, 9.17) is 4.74 Å². The Morgan fingerprint density at radius 1 is 1.25 bits per heavy atom. The molecule has 0 atom stereocenters. The van der Waals surface area contributed by atoms with Crippen molar-refractivity contribution in [3.05, 3.63) is 58.3 Å². The number of hydrogen-bond acceptors (Lipinski definition) is 3. The van der Waals surface area contributed by atoms with E-state index in [2.05, 4.69) is 49.3 Å². The fraction of sp³-hybridized carbons (Fsp3) is 0.400. The van der Waals surface area contributed by atoms with E-state index in [0.29, 0.717) is 13.2 Å². The fourth-order valence-electron chi connectivity index (χ4n) is 3.23. The van der Waals surface area contributed by atoms with Gasteiger partial charge >= 0.3 is 0 Å². The summed E-state index contributed by atoms with van der Waals surface area (Å²) in [6, 6.07) is 12.6. The molecule has 0 radical (unpaired) electrons. The molecule has 4 heteroatoms. The smallest absolute Gasteiger partial charge is 0.291 e. The molecule has 124 valence electrons. The minimum absolute atomic E-state index is 0.234. The summed E-state index contributed by atoms with van der Waals surface area (Å²) in [7, 11) is 0. The minimum atomic E-state index is -0.234. The largest absolute Gasteiger partial charge is 0.370 e. The van der Waals surface area contributed by atoms with Crippen LogP contribution in [0.25, 0.3) is 0 Å². The van der Waals surface area contributed by atoms with Crippen LogP contribution in [0.4, 0.5) is 5.82 Å². The second-order valence-electron chi connectivity index (χ2n) is 6.84. The maximum absolute atomic E-state index is 9.75. The highest BCUT2D eigenvalue weighted by atomic mass is 16.5. The Bertz CT molecular complexity index is 776. The van der Waals surface area contributed by atoms with Gasteiger partial charge in [-0.05, 0) is 25.0 Å². The Morgan fingerprint density at radius 2 is 2.00 bits per heavy atom. The highest BCUT2D eigenvalue weighted by Gasteiger charge is 2.33. The Labute approximate surface area is 143 Å². The number of rotatable bonds is 4. The Balaban J connectivity index is 1.99. The SMILES string of the molecule is CCc1[nH+]c(NCc2ccccc2)c(C#N)c2c1COC(C)(C)C2. The van der Waals surface area contributed by atoms with Crippen molar-refractivity contribution in [2.45, 2.75) is 52.4 Å². The van der Waals surface area contributed by atoms with Crippen LogP contribution >= 0.6 is 0 Å². The van der Waals surface area contributed by atoms with Gasteiger partial charge in [0.1, 0.15) is 23.9 Å². The normalized spacial score (nSPS) is 15.4. The van der Waals surface area contributed by atoms with E-state index in [1.165, 1.54) is 5.56 Å². The number of nitriles is 1. The van der Waals surface area contributed by atoms with Crippen LogP contribution in [0.2, 0.25) is 0 Å². The summed E-state index contributed by atoms with van der Waals surface area (Å²) in [6.45, 7) is 7.54. The first-order valence-electron chi connectivity index (χ1n) is 8.46. The lowest BCUT2D eigenvalue weighted by Gasteiger charge is -2.32. The molecule has 1 aromatic heterocycles. The number of benzene rings is 1. The molecule has 1 aliphatic rings. The van der Waals surface area contributed by atoms with Crippen LogP contribution in [0, 0.1) is 11.3 Å². The van der Waals surface area contributed by atoms with Crippen molar-refractivity contribution in [3.8, 4) is 6.07 Å². The van der Waals surface area contributed by atoms with Crippen molar-refractivity contribution in [2.75, 3.05) is 5.32 Å². The summed E-state index contributed by atoms with van der Waals surface area (Å²) < 4.78 is 5.95. The van der Waals surface area contributed by atoms with Crippen molar-refractivity contribution in [1.29, 1.82) is 5.26 Å². The third-order valence-corrected chi connectivity index (χ3v) is 4.54. The highest BCUT2D eigenvalue weighted by molar-refractivity contribution is 5.56. The molecule has 0 unspecified atom stereocenters. The number of aromatic nitrogens is 1. The van der Waals surface area contributed by atoms with Gasteiger partial charge < -0.3 is 4.74 Å². The quantitative estimate of drug-likeness (QED) is 0.938. The minimum Gasteiger partial charge on any atom is -0.370 e. The lowest BCUT2D eigenvalue weighted by atomic mass is 9.87. The van der Waals surface area contributed by atoms with Crippen LogP contribution in [-0.4, -0.2) is 5.60 Å². The first-order valence-corrected chi connectivity index (χ1v) is 8.46. The molecule has 24 heavy (non-hydrogen) atoms. The molecule has 0 fully saturated rings. The number of H-pyrrole nitrogens is 1. The summed E-state index contributed by atoms with van der Waals surface area (Å²) in [5, 5.41) is 13.2. The third-order valence-electron chi connectivity index (χ3n) is 4.54. The van der Waals surface area contributed by atoms with Crippen LogP contribution in [0.1, 0.15) is 48.7 Å². The molecule has 4 nitrogen and oxygen atoms in total. The zero-order chi connectivity index (χ0) is 17.2. The molecular formula is C20H24N3O+. The standard InChI is InChI=1S/C20H23N3O/c1-4-18-17-13-24-20(2,3)10-15(17)16(11-21)19(23-18)22-12-14-8-6-5-7-9-14/h5-9H,4,10,12-13H2,1-3H3,(H,22,23)/p+1. The second kappa shape index (κ2) is 6.62. The maximum atomic E-state index is 9.75. The lowest BCUT2D eigenvalue weighted by molar-refractivity contribution is -0.375. The number of ether oxygens (including phenoxy) is 1. The molecule has 1 aliphatic heterocycles. The van der Waals surface area contributed by atoms with Crippen molar-refractivity contribution in [1.82, 2.24) is 0 Å². The molecule has 1 aromatic carbocycles. The first kappa shape index (κ1) is 16.5. The van der Waals surface area contributed by atoms with Gasteiger partial charge in [0.25, 0.3) is 5.82 Å². The number of nitrogens with one attached hydrogen (secondary N) is 2. The van der Waals surface area contributed by atoms with Crippen LogP contribution < -0.4 is 10.3 Å². The number of anilines is 1. The molecule has 0 saturated heterocycles. The van der Waals surface area contributed by atoms with E-state index in [9.17, 15) is 5.26 Å². The Morgan fingerprint density at radius 3 is 2.67 bits per heavy atom. The molecule has 3 rings (SSSR count). The molecule has 0 saturated carbocycles. The Kier molecular flexibility index (Phi) is 4.55. The predicted octanol–water partition coefficient (Wildman–Crippen LogP) is 3.40. The molecule has 2 N–H and O–H groups in total. The van der Waals surface area contributed by atoms with E-state index < -0.39 is 0 Å². The number of pyridine rings is 1. The van der Waals surface area contributed by atoms with Gasteiger partial charge in [-0.25, -0.2) is 4.98 Å². The van der Waals surface area contributed by atoms with Crippen LogP contribution in [-0.2, 0) is 30.7 Å². The number of hydrogen-bond donors (Lipinski definition) is 1. The predicted molar refractivity (Wildman–Crippen MR) is 93.4 cm³/mol. The van der Waals surface area contributed by atoms with Gasteiger partial charge in [0.05, 0.1) is 12.2 Å². The average Bonchev–Trinajstić information content (AvgIpc) is 2.58. The van der Waals surface area contributed by atoms with Crippen molar-refractivity contribution >= 4 is 5.82 Å². The molecular weight excluding hydrogens is 298 g/mol. The molecule has 2 aromatic rings. The Hall–Kier alpha value is -2.38. The van der Waals surface area contributed by atoms with Gasteiger partial charge in [-0.2, -0.15) is 5.26 Å². The zero-order valence-corrected chi connectivity index (χ0v) is 14.6. The molecule has 0 amide bonds. The third kappa shape index (κ3) is 3.27. The monoisotopic (exact) mass is 322 g/mol. The second-order valence-corrected chi connectivity index (χ2v) is 6.84. The summed E-state index contributed by atoms with van der Waals surface area (Å²) in [4.78, 5) is 3.43. The molecule has 0 spiro atoms. The van der Waals surface area contributed by atoms with E-state index in [1.807, 2.05) is 18.2 Å². The highest BCUT2D eigenvalue weighted by Crippen LogP contribution is 2.32. The van der Waals surface area contributed by atoms with Crippen LogP contribution in [0.3, 0.4) is 0 Å². The number of nitrogens with zero attached hydrogens (tertiary/aromatic N) is 1. The van der Waals surface area contributed by atoms with Gasteiger partial charge in [-0.3, -0.25) is 5.32 Å². The molecule has 2 heterocycles. The van der Waals surface area contributed by atoms with Crippen LogP contribution in [0.15, 0.2) is 30.3 Å². The summed E-state index contributed by atoms with van der Waals surface area (Å²) in [6.07, 6.45) is 1.64. The van der Waals surface area contributed by atoms with Gasteiger partial charge in [0, 0.05) is 18.4 Å². The topological polar surface area (TPSA) is 59.2 Å². The van der Waals surface area contributed by atoms with Crippen molar-refractivity contribution < 1.29 is 9.72 Å². The number of aryl methyl sites for hydroxylation is 1. The van der Waals surface area contributed by atoms with Crippen molar-refractivity contribution in [2.24, 2.45) is 0 Å². The van der Waals surface area contributed by atoms with Gasteiger partial charge in [0.2, 0.25) is 0 Å². The first-order chi connectivity index (χ1) is 11.5. The lowest BCUT2D eigenvalue weighted by Crippen LogP contribution is -2.36. The maximum Gasteiger partial charge on any atom is 0.291 e. The average molecular weight is 322 g/mol. The molecule has 0 bridgehead atoms. The van der Waals surface area contributed by atoms with Gasteiger partial charge in [-0.15, -0.1) is 0 Å². The zero-order valence-electron chi connectivity index (χ0n) is 14.6. The van der Waals surface area contributed by atoms with Gasteiger partial charge in [-0.1, -0.05) is 37.3 Å². The summed E-state index contributed by atoms with van der Waals surface area (Å²) >= 11 is 0. The summed E-state index contributed by atoms with van der Waals surface area (Å²) in [5.74, 6) is 0.814. The fourth-order valence-corrected chi connectivity index (χ4v) is 3.23. The van der Waals surface area contributed by atoms with E-state index in [0.717, 1.165) is 41.0 Å². The van der Waals surface area contributed by atoms with Gasteiger partial charge in [0.15, 0.2) is 0 Å². The van der Waals surface area contributed by atoms with E-state index >= 15 is 0 Å². The summed E-state index contributed by atoms with van der Waals surface area (Å²) in [5.41, 5.74) is 5.10. The molecule has 0 aliphatic carbocycles. The number of fused-ring (bicyclic) bond motifs is 1. The number of aromatic amines is 1.